The number of hydrogen-bond donors (Lipinski definition) is 1. The van der Waals surface area contributed by atoms with Gasteiger partial charge in [0.05, 0.1) is 26.6 Å². The van der Waals surface area contributed by atoms with Crippen LogP contribution in [0.3, 0.4) is 0 Å². The van der Waals surface area contributed by atoms with Crippen molar-refractivity contribution in [1.82, 2.24) is 5.32 Å². The van der Waals surface area contributed by atoms with E-state index in [4.69, 9.17) is 27.9 Å². The van der Waals surface area contributed by atoms with Crippen LogP contribution in [-0.2, 0) is 9.59 Å². The molecule has 12 nitrogen and oxygen atoms in total. The van der Waals surface area contributed by atoms with Crippen molar-refractivity contribution in [1.29, 1.82) is 0 Å². The predicted molar refractivity (Wildman–Crippen MR) is 132 cm³/mol. The number of non-ortho nitro benzene ring substituents is 1. The zero-order valence-electron chi connectivity index (χ0n) is 18.5. The maximum atomic E-state index is 13.3. The number of rotatable bonds is 6. The van der Waals surface area contributed by atoms with Crippen LogP contribution in [0, 0.1) is 26.0 Å². The van der Waals surface area contributed by atoms with Crippen LogP contribution in [0.2, 0.25) is 10.0 Å². The topological polar surface area (TPSA) is 162 Å². The van der Waals surface area contributed by atoms with E-state index >= 15 is 0 Å². The summed E-state index contributed by atoms with van der Waals surface area (Å²) in [6.45, 7) is 0. The Balaban J connectivity index is 1.81. The molecule has 3 aromatic rings. The van der Waals surface area contributed by atoms with Crippen molar-refractivity contribution in [3.05, 3.63) is 102 Å². The maximum Gasteiger partial charge on any atom is 0.335 e. The molecule has 1 aliphatic rings. The Morgan fingerprint density at radius 2 is 1.63 bits per heavy atom. The number of carbonyl (C=O) groups is 3. The first kappa shape index (κ1) is 26.2. The average Bonchev–Trinajstić information content (AvgIpc) is 2.84. The number of ether oxygens (including phenoxy) is 1. The first-order chi connectivity index (χ1) is 18.0. The Morgan fingerprint density at radius 1 is 0.947 bits per heavy atom. The molecule has 192 valence electrons. The number of urea groups is 1. The summed E-state index contributed by atoms with van der Waals surface area (Å²) in [5.74, 6) is -3.50. The molecule has 0 unspecified atom stereocenters. The van der Waals surface area contributed by atoms with Gasteiger partial charge in [0.1, 0.15) is 11.4 Å². The lowest BCUT2D eigenvalue weighted by atomic mass is 10.1. The second-order valence-corrected chi connectivity index (χ2v) is 8.35. The van der Waals surface area contributed by atoms with Gasteiger partial charge in [-0.25, -0.2) is 14.1 Å². The fourth-order valence-corrected chi connectivity index (χ4v) is 3.94. The van der Waals surface area contributed by atoms with E-state index in [1.54, 1.807) is 0 Å². The fraction of sp³-hybridized carbons (Fsp3) is 0. The average molecular weight is 561 g/mol. The third-order valence-electron chi connectivity index (χ3n) is 5.09. The molecule has 0 bridgehead atoms. The number of imide groups is 2. The molecular formula is C23H11Cl2FN4O8. The van der Waals surface area contributed by atoms with Gasteiger partial charge in [-0.2, -0.15) is 0 Å². The van der Waals surface area contributed by atoms with Crippen molar-refractivity contribution < 1.29 is 33.4 Å². The van der Waals surface area contributed by atoms with Crippen molar-refractivity contribution in [2.75, 3.05) is 4.90 Å². The summed E-state index contributed by atoms with van der Waals surface area (Å²) >= 11 is 12.3. The zero-order chi connectivity index (χ0) is 27.7. The highest BCUT2D eigenvalue weighted by atomic mass is 35.5. The summed E-state index contributed by atoms with van der Waals surface area (Å²) in [7, 11) is 0. The third-order valence-corrected chi connectivity index (χ3v) is 5.58. The Kier molecular flexibility index (Phi) is 7.06. The lowest BCUT2D eigenvalue weighted by Crippen LogP contribution is -2.54. The quantitative estimate of drug-likeness (QED) is 0.181. The summed E-state index contributed by atoms with van der Waals surface area (Å²) in [6, 6.07) is 8.32. The molecule has 0 saturated carbocycles. The Morgan fingerprint density at radius 3 is 2.26 bits per heavy atom. The van der Waals surface area contributed by atoms with Gasteiger partial charge in [-0.05, 0) is 48.5 Å². The number of barbiturate groups is 1. The number of nitrogens with zero attached hydrogens (tertiary/aromatic N) is 3. The van der Waals surface area contributed by atoms with E-state index in [9.17, 15) is 39.0 Å². The number of nitro benzene ring substituents is 2. The maximum absolute atomic E-state index is 13.3. The van der Waals surface area contributed by atoms with Crippen LogP contribution in [0.5, 0.6) is 11.5 Å². The molecule has 1 aliphatic heterocycles. The summed E-state index contributed by atoms with van der Waals surface area (Å²) in [5.41, 5.74) is -2.03. The summed E-state index contributed by atoms with van der Waals surface area (Å²) in [5, 5.41) is 24.4. The molecule has 4 rings (SSSR count). The van der Waals surface area contributed by atoms with E-state index in [-0.39, 0.29) is 27.0 Å². The Hall–Kier alpha value is -4.88. The van der Waals surface area contributed by atoms with Crippen LogP contribution >= 0.6 is 23.2 Å². The molecule has 0 aliphatic carbocycles. The molecule has 1 fully saturated rings. The number of halogens is 3. The van der Waals surface area contributed by atoms with E-state index in [2.05, 4.69) is 0 Å². The molecule has 15 heteroatoms. The van der Waals surface area contributed by atoms with Crippen LogP contribution < -0.4 is 15.0 Å². The second-order valence-electron chi connectivity index (χ2n) is 7.51. The number of nitrogens with one attached hydrogen (secondary N) is 1. The van der Waals surface area contributed by atoms with Gasteiger partial charge in [-0.15, -0.1) is 0 Å². The lowest BCUT2D eigenvalue weighted by Gasteiger charge is -2.26. The minimum absolute atomic E-state index is 0.0301. The SMILES string of the molecule is O=C1NC(=O)N(c2ccc(F)cc2)C(=O)/C1=C/c1cc(Cl)cc(Cl)c1Oc1ccc([N+](=O)[O-])cc1[N+](=O)[O-]. The number of carbonyl (C=O) groups excluding carboxylic acids is 3. The van der Waals surface area contributed by atoms with Crippen molar-refractivity contribution in [2.45, 2.75) is 0 Å². The second kappa shape index (κ2) is 10.2. The van der Waals surface area contributed by atoms with Crippen LogP contribution in [-0.4, -0.2) is 27.7 Å². The van der Waals surface area contributed by atoms with Gasteiger partial charge in [0.2, 0.25) is 5.75 Å². The molecular weight excluding hydrogens is 550 g/mol. The molecule has 0 radical (unpaired) electrons. The predicted octanol–water partition coefficient (Wildman–Crippen LogP) is 5.41. The first-order valence-corrected chi connectivity index (χ1v) is 11.0. The number of amides is 4. The minimum atomic E-state index is -1.08. The molecule has 1 N–H and O–H groups in total. The molecule has 0 spiro atoms. The van der Waals surface area contributed by atoms with E-state index in [1.807, 2.05) is 5.32 Å². The van der Waals surface area contributed by atoms with Crippen molar-refractivity contribution in [3.63, 3.8) is 0 Å². The van der Waals surface area contributed by atoms with Gasteiger partial charge in [0, 0.05) is 16.7 Å². The highest BCUT2D eigenvalue weighted by Crippen LogP contribution is 2.41. The molecule has 1 saturated heterocycles. The Labute approximate surface area is 221 Å². The summed E-state index contributed by atoms with van der Waals surface area (Å²) in [4.78, 5) is 59.5. The van der Waals surface area contributed by atoms with Gasteiger partial charge in [0.15, 0.2) is 5.75 Å². The molecule has 0 aromatic heterocycles. The van der Waals surface area contributed by atoms with Crippen molar-refractivity contribution >= 4 is 64.2 Å². The monoisotopic (exact) mass is 560 g/mol. The van der Waals surface area contributed by atoms with Crippen LogP contribution in [0.15, 0.2) is 60.2 Å². The molecule has 0 atom stereocenters. The van der Waals surface area contributed by atoms with E-state index < -0.39 is 56.2 Å². The van der Waals surface area contributed by atoms with Gasteiger partial charge < -0.3 is 4.74 Å². The largest absolute Gasteiger partial charge is 0.448 e. The lowest BCUT2D eigenvalue weighted by molar-refractivity contribution is -0.394. The highest BCUT2D eigenvalue weighted by molar-refractivity contribution is 6.40. The third kappa shape index (κ3) is 5.14. The van der Waals surface area contributed by atoms with Crippen molar-refractivity contribution in [3.8, 4) is 11.5 Å². The number of nitro groups is 2. The highest BCUT2D eigenvalue weighted by Gasteiger charge is 2.37. The normalized spacial score (nSPS) is 14.4. The van der Waals surface area contributed by atoms with Gasteiger partial charge in [-0.3, -0.25) is 35.1 Å². The Bertz CT molecular complexity index is 1580. The first-order valence-electron chi connectivity index (χ1n) is 10.2. The number of anilines is 1. The smallest absolute Gasteiger partial charge is 0.335 e. The van der Waals surface area contributed by atoms with Crippen LogP contribution in [0.1, 0.15) is 5.56 Å². The zero-order valence-corrected chi connectivity index (χ0v) is 20.0. The molecule has 1 heterocycles. The van der Waals surface area contributed by atoms with E-state index in [0.717, 1.165) is 42.5 Å². The minimum Gasteiger partial charge on any atom is -0.448 e. The molecule has 4 amide bonds. The van der Waals surface area contributed by atoms with Gasteiger partial charge in [0.25, 0.3) is 17.5 Å². The van der Waals surface area contributed by atoms with Crippen molar-refractivity contribution in [2.24, 2.45) is 0 Å². The van der Waals surface area contributed by atoms with Gasteiger partial charge >= 0.3 is 11.7 Å². The fourth-order valence-electron chi connectivity index (χ4n) is 3.39. The molecule has 38 heavy (non-hydrogen) atoms. The number of hydrogen-bond acceptors (Lipinski definition) is 8. The standard InChI is InChI=1S/C23H11Cl2FN4O8/c24-12-7-11(8-16-21(31)27-23(33)28(22(16)32)14-3-1-13(26)2-4-14)20(17(25)9-12)38-19-6-5-15(29(34)35)10-18(19)30(36)37/h1-10H,(H,27,31,33)/b16-8+. The van der Waals surface area contributed by atoms with E-state index in [0.29, 0.717) is 11.0 Å². The molecule has 3 aromatic carbocycles. The van der Waals surface area contributed by atoms with Gasteiger partial charge in [-0.1, -0.05) is 23.2 Å². The number of benzene rings is 3. The summed E-state index contributed by atoms with van der Waals surface area (Å²) in [6.07, 6.45) is 0.991. The van der Waals surface area contributed by atoms with E-state index in [1.165, 1.54) is 12.1 Å². The van der Waals surface area contributed by atoms with Crippen LogP contribution in [0.4, 0.5) is 26.2 Å². The summed E-state index contributed by atoms with van der Waals surface area (Å²) < 4.78 is 18.9. The van der Waals surface area contributed by atoms with Crippen LogP contribution in [0.25, 0.3) is 6.08 Å².